The molecule has 0 spiro atoms. The number of aryl methyl sites for hydroxylation is 1. The largest absolute Gasteiger partial charge is 0.487 e. The molecule has 3 aromatic rings. The van der Waals surface area contributed by atoms with Gasteiger partial charge in [-0.1, -0.05) is 23.8 Å². The molecule has 1 aliphatic rings. The minimum atomic E-state index is 0.0245. The molecule has 5 nitrogen and oxygen atoms in total. The van der Waals surface area contributed by atoms with Gasteiger partial charge in [-0.25, -0.2) is 4.98 Å². The van der Waals surface area contributed by atoms with Crippen molar-refractivity contribution in [3.05, 3.63) is 65.4 Å². The standard InChI is InChI=1S/C21H21N3O2S/c1-15-4-2-5-16(10-15)21-23-17(14-27-21)11-20(25)24-9-7-19(13-24)26-18-6-3-8-22-12-18/h2-6,8,10,12,14,19H,7,9,11,13H2,1H3/t19-/m0/s1. The second-order valence-electron chi connectivity index (χ2n) is 6.75. The van der Waals surface area contributed by atoms with E-state index in [9.17, 15) is 4.79 Å². The summed E-state index contributed by atoms with van der Waals surface area (Å²) in [4.78, 5) is 23.2. The number of nitrogens with zero attached hydrogens (tertiary/aromatic N) is 3. The Labute approximate surface area is 162 Å². The maximum atomic E-state index is 12.6. The molecule has 2 aromatic heterocycles. The normalized spacial score (nSPS) is 16.5. The van der Waals surface area contributed by atoms with Crippen LogP contribution >= 0.6 is 11.3 Å². The van der Waals surface area contributed by atoms with Crippen LogP contribution < -0.4 is 4.74 Å². The number of aromatic nitrogens is 2. The lowest BCUT2D eigenvalue weighted by atomic mass is 10.1. The topological polar surface area (TPSA) is 55.3 Å². The quantitative estimate of drug-likeness (QED) is 0.678. The molecule has 1 fully saturated rings. The lowest BCUT2D eigenvalue weighted by molar-refractivity contribution is -0.129. The van der Waals surface area contributed by atoms with E-state index >= 15 is 0 Å². The van der Waals surface area contributed by atoms with Crippen molar-refractivity contribution < 1.29 is 9.53 Å². The first-order valence-corrected chi connectivity index (χ1v) is 9.91. The van der Waals surface area contributed by atoms with Crippen LogP contribution in [0.3, 0.4) is 0 Å². The van der Waals surface area contributed by atoms with Gasteiger partial charge in [0.05, 0.1) is 24.9 Å². The number of thiazole rings is 1. The Hall–Kier alpha value is -2.73. The minimum absolute atomic E-state index is 0.0245. The van der Waals surface area contributed by atoms with E-state index in [1.807, 2.05) is 28.5 Å². The number of likely N-dealkylation sites (tertiary alicyclic amines) is 1. The van der Waals surface area contributed by atoms with E-state index in [0.717, 1.165) is 35.0 Å². The molecule has 3 heterocycles. The lowest BCUT2D eigenvalue weighted by Gasteiger charge is -2.16. The molecule has 0 radical (unpaired) electrons. The summed E-state index contributed by atoms with van der Waals surface area (Å²) in [6, 6.07) is 12.0. The molecular formula is C21H21N3O2S. The molecule has 0 bridgehead atoms. The first-order chi connectivity index (χ1) is 13.2. The lowest BCUT2D eigenvalue weighted by Crippen LogP contribution is -2.32. The Morgan fingerprint density at radius 3 is 3.07 bits per heavy atom. The van der Waals surface area contributed by atoms with Crippen molar-refractivity contribution in [1.82, 2.24) is 14.9 Å². The van der Waals surface area contributed by atoms with Crippen LogP contribution in [0.25, 0.3) is 10.6 Å². The smallest absolute Gasteiger partial charge is 0.228 e. The van der Waals surface area contributed by atoms with Gasteiger partial charge in [0.2, 0.25) is 5.91 Å². The fourth-order valence-electron chi connectivity index (χ4n) is 3.23. The van der Waals surface area contributed by atoms with Crippen LogP contribution in [0.4, 0.5) is 0 Å². The van der Waals surface area contributed by atoms with Gasteiger partial charge in [-0.15, -0.1) is 11.3 Å². The molecule has 1 aromatic carbocycles. The van der Waals surface area contributed by atoms with Crippen molar-refractivity contribution in [2.24, 2.45) is 0 Å². The zero-order valence-corrected chi connectivity index (χ0v) is 16.0. The third-order valence-electron chi connectivity index (χ3n) is 4.58. The molecule has 1 amide bonds. The van der Waals surface area contributed by atoms with E-state index in [-0.39, 0.29) is 12.0 Å². The van der Waals surface area contributed by atoms with Gasteiger partial charge >= 0.3 is 0 Å². The molecule has 1 saturated heterocycles. The van der Waals surface area contributed by atoms with Gasteiger partial charge in [0.25, 0.3) is 0 Å². The molecule has 0 unspecified atom stereocenters. The average molecular weight is 379 g/mol. The molecule has 27 heavy (non-hydrogen) atoms. The van der Waals surface area contributed by atoms with E-state index in [1.54, 1.807) is 23.7 Å². The van der Waals surface area contributed by atoms with Gasteiger partial charge in [0, 0.05) is 30.1 Å². The highest BCUT2D eigenvalue weighted by molar-refractivity contribution is 7.13. The summed E-state index contributed by atoms with van der Waals surface area (Å²) >= 11 is 1.58. The number of pyridine rings is 1. The van der Waals surface area contributed by atoms with Gasteiger partial charge in [-0.2, -0.15) is 0 Å². The summed E-state index contributed by atoms with van der Waals surface area (Å²) in [5.41, 5.74) is 3.14. The Bertz CT molecular complexity index is 926. The van der Waals surface area contributed by atoms with Crippen molar-refractivity contribution in [1.29, 1.82) is 0 Å². The molecular weight excluding hydrogens is 358 g/mol. The Kier molecular flexibility index (Phi) is 5.16. The second kappa shape index (κ2) is 7.88. The van der Waals surface area contributed by atoms with Gasteiger partial charge in [0.1, 0.15) is 16.9 Å². The van der Waals surface area contributed by atoms with Crippen LogP contribution in [0.1, 0.15) is 17.7 Å². The summed E-state index contributed by atoms with van der Waals surface area (Å²) in [5.74, 6) is 0.854. The van der Waals surface area contributed by atoms with Crippen LogP contribution in [0.15, 0.2) is 54.2 Å². The number of carbonyl (C=O) groups is 1. The molecule has 1 aliphatic heterocycles. The number of rotatable bonds is 5. The third-order valence-corrected chi connectivity index (χ3v) is 5.52. The highest BCUT2D eigenvalue weighted by atomic mass is 32.1. The number of hydrogen-bond acceptors (Lipinski definition) is 5. The van der Waals surface area contributed by atoms with Crippen LogP contribution in [0.5, 0.6) is 5.75 Å². The molecule has 0 aliphatic carbocycles. The summed E-state index contributed by atoms with van der Waals surface area (Å²) in [7, 11) is 0. The van der Waals surface area contributed by atoms with Gasteiger partial charge in [-0.3, -0.25) is 9.78 Å². The summed E-state index contributed by atoms with van der Waals surface area (Å²) in [6.07, 6.45) is 4.62. The molecule has 138 valence electrons. The molecule has 0 saturated carbocycles. The Morgan fingerprint density at radius 1 is 1.33 bits per heavy atom. The first-order valence-electron chi connectivity index (χ1n) is 9.03. The van der Waals surface area contributed by atoms with Crippen molar-refractivity contribution in [3.63, 3.8) is 0 Å². The predicted molar refractivity (Wildman–Crippen MR) is 106 cm³/mol. The van der Waals surface area contributed by atoms with E-state index in [4.69, 9.17) is 4.74 Å². The van der Waals surface area contributed by atoms with E-state index in [1.165, 1.54) is 5.56 Å². The minimum Gasteiger partial charge on any atom is -0.487 e. The summed E-state index contributed by atoms with van der Waals surface area (Å²) in [5, 5.41) is 2.94. The molecule has 4 rings (SSSR count). The summed E-state index contributed by atoms with van der Waals surface area (Å²) in [6.45, 7) is 3.40. The summed E-state index contributed by atoms with van der Waals surface area (Å²) < 4.78 is 5.91. The highest BCUT2D eigenvalue weighted by Crippen LogP contribution is 2.25. The van der Waals surface area contributed by atoms with Gasteiger partial charge in [-0.05, 0) is 25.1 Å². The van der Waals surface area contributed by atoms with Gasteiger partial charge < -0.3 is 9.64 Å². The van der Waals surface area contributed by atoms with Gasteiger partial charge in [0.15, 0.2) is 0 Å². The Morgan fingerprint density at radius 2 is 2.26 bits per heavy atom. The zero-order chi connectivity index (χ0) is 18.6. The van der Waals surface area contributed by atoms with E-state index in [2.05, 4.69) is 35.1 Å². The van der Waals surface area contributed by atoms with Crippen molar-refractivity contribution in [2.45, 2.75) is 25.9 Å². The SMILES string of the molecule is Cc1cccc(-c2nc(CC(=O)N3CC[C@H](Oc4cccnc4)C3)cs2)c1. The number of hydrogen-bond donors (Lipinski definition) is 0. The van der Waals surface area contributed by atoms with E-state index < -0.39 is 0 Å². The van der Waals surface area contributed by atoms with Crippen LogP contribution in [0, 0.1) is 6.92 Å². The monoisotopic (exact) mass is 379 g/mol. The van der Waals surface area contributed by atoms with Crippen LogP contribution in [-0.2, 0) is 11.2 Å². The fourth-order valence-corrected chi connectivity index (χ4v) is 4.04. The third kappa shape index (κ3) is 4.34. The molecule has 0 N–H and O–H groups in total. The number of benzene rings is 1. The van der Waals surface area contributed by atoms with Crippen LogP contribution in [-0.4, -0.2) is 40.0 Å². The van der Waals surface area contributed by atoms with Crippen molar-refractivity contribution in [3.8, 4) is 16.3 Å². The first kappa shape index (κ1) is 17.7. The molecule has 6 heteroatoms. The average Bonchev–Trinajstić information content (AvgIpc) is 3.32. The predicted octanol–water partition coefficient (Wildman–Crippen LogP) is 3.74. The zero-order valence-electron chi connectivity index (χ0n) is 15.2. The number of ether oxygens (including phenoxy) is 1. The fraction of sp³-hybridized carbons (Fsp3) is 0.286. The number of amides is 1. The van der Waals surface area contributed by atoms with Crippen molar-refractivity contribution >= 4 is 17.2 Å². The second-order valence-corrected chi connectivity index (χ2v) is 7.61. The maximum absolute atomic E-state index is 12.6. The van der Waals surface area contributed by atoms with Crippen molar-refractivity contribution in [2.75, 3.05) is 13.1 Å². The molecule has 1 atom stereocenters. The number of carbonyl (C=O) groups excluding carboxylic acids is 1. The maximum Gasteiger partial charge on any atom is 0.228 e. The Balaban J connectivity index is 1.35. The highest BCUT2D eigenvalue weighted by Gasteiger charge is 2.28. The van der Waals surface area contributed by atoms with E-state index in [0.29, 0.717) is 13.0 Å². The van der Waals surface area contributed by atoms with Crippen LogP contribution in [0.2, 0.25) is 0 Å².